The first-order valence-electron chi connectivity index (χ1n) is 3.96. The second-order valence-electron chi connectivity index (χ2n) is 2.78. The van der Waals surface area contributed by atoms with Crippen molar-refractivity contribution in [2.45, 2.75) is 27.1 Å². The van der Waals surface area contributed by atoms with Crippen LogP contribution in [0.4, 0.5) is 0 Å². The van der Waals surface area contributed by atoms with Crippen LogP contribution >= 0.6 is 0 Å². The summed E-state index contributed by atoms with van der Waals surface area (Å²) in [5.74, 6) is 0. The summed E-state index contributed by atoms with van der Waals surface area (Å²) in [7, 11) is 2.10. The van der Waals surface area contributed by atoms with Crippen LogP contribution in [-0.2, 0) is 6.32 Å². The van der Waals surface area contributed by atoms with Crippen LogP contribution < -0.4 is 0 Å². The van der Waals surface area contributed by atoms with Crippen molar-refractivity contribution in [1.82, 2.24) is 9.97 Å². The number of hydrogen-bond acceptors (Lipinski definition) is 2. The Bertz CT molecular complexity index is 271. The Balaban J connectivity index is 3.21. The molecule has 0 unspecified atom stereocenters. The van der Waals surface area contributed by atoms with Crippen LogP contribution in [-0.4, -0.2) is 17.8 Å². The topological polar surface area (TPSA) is 25.8 Å². The van der Waals surface area contributed by atoms with Gasteiger partial charge in [0.15, 0.2) is 0 Å². The molecule has 0 amide bonds. The highest BCUT2D eigenvalue weighted by molar-refractivity contribution is 6.08. The normalized spacial score (nSPS) is 10.1. The molecule has 0 aromatic carbocycles. The van der Waals surface area contributed by atoms with Crippen LogP contribution in [0.3, 0.4) is 0 Å². The fraction of sp³-hybridized carbons (Fsp3) is 0.500. The Morgan fingerprint density at radius 2 is 1.55 bits per heavy atom. The molecule has 0 aliphatic heterocycles. The standard InChI is InChI=1S/C8H13BN2/c1-5-6(2)11-8(4-9)7(3)10-5/h4,9H2,1-3H3. The first-order chi connectivity index (χ1) is 5.15. The predicted octanol–water partition coefficient (Wildman–Crippen LogP) is 0.535. The van der Waals surface area contributed by atoms with E-state index in [0.29, 0.717) is 0 Å². The summed E-state index contributed by atoms with van der Waals surface area (Å²) in [6.45, 7) is 6.01. The van der Waals surface area contributed by atoms with E-state index >= 15 is 0 Å². The van der Waals surface area contributed by atoms with Crippen molar-refractivity contribution in [3.63, 3.8) is 0 Å². The average molecular weight is 148 g/mol. The van der Waals surface area contributed by atoms with Gasteiger partial charge in [-0.15, -0.1) is 0 Å². The molecule has 0 N–H and O–H groups in total. The lowest BCUT2D eigenvalue weighted by Crippen LogP contribution is -2.02. The van der Waals surface area contributed by atoms with E-state index in [2.05, 4.69) is 17.8 Å². The Morgan fingerprint density at radius 1 is 1.00 bits per heavy atom. The van der Waals surface area contributed by atoms with Gasteiger partial charge in [-0.2, -0.15) is 0 Å². The molecule has 0 aliphatic rings. The average Bonchev–Trinajstić information content (AvgIpc) is 1.97. The number of rotatable bonds is 1. The van der Waals surface area contributed by atoms with Crippen molar-refractivity contribution in [3.05, 3.63) is 22.8 Å². The molecule has 0 radical (unpaired) electrons. The van der Waals surface area contributed by atoms with Crippen molar-refractivity contribution >= 4 is 7.85 Å². The number of nitrogens with zero attached hydrogens (tertiary/aromatic N) is 2. The summed E-state index contributed by atoms with van der Waals surface area (Å²) in [6.07, 6.45) is 0.972. The third-order valence-corrected chi connectivity index (χ3v) is 1.91. The molecule has 0 aliphatic carbocycles. The van der Waals surface area contributed by atoms with Crippen molar-refractivity contribution in [2.75, 3.05) is 0 Å². The van der Waals surface area contributed by atoms with Gasteiger partial charge in [0, 0.05) is 0 Å². The molecule has 0 saturated carbocycles. The second kappa shape index (κ2) is 3.03. The second-order valence-corrected chi connectivity index (χ2v) is 2.78. The summed E-state index contributed by atoms with van der Waals surface area (Å²) >= 11 is 0. The summed E-state index contributed by atoms with van der Waals surface area (Å²) in [4.78, 5) is 8.81. The van der Waals surface area contributed by atoms with E-state index in [4.69, 9.17) is 0 Å². The number of aryl methyl sites for hydroxylation is 3. The van der Waals surface area contributed by atoms with Gasteiger partial charge in [0.2, 0.25) is 0 Å². The lowest BCUT2D eigenvalue weighted by atomic mass is 10.0. The van der Waals surface area contributed by atoms with Crippen LogP contribution in [0.5, 0.6) is 0 Å². The minimum absolute atomic E-state index is 0.972. The summed E-state index contributed by atoms with van der Waals surface area (Å²) < 4.78 is 0. The van der Waals surface area contributed by atoms with Crippen molar-refractivity contribution in [3.8, 4) is 0 Å². The van der Waals surface area contributed by atoms with Crippen LogP contribution in [0.2, 0.25) is 0 Å². The van der Waals surface area contributed by atoms with Gasteiger partial charge < -0.3 is 0 Å². The van der Waals surface area contributed by atoms with Gasteiger partial charge in [0.1, 0.15) is 7.85 Å². The van der Waals surface area contributed by atoms with Gasteiger partial charge >= 0.3 is 0 Å². The molecular formula is C8H13BN2. The molecule has 1 aromatic heterocycles. The lowest BCUT2D eigenvalue weighted by molar-refractivity contribution is 0.948. The largest absolute Gasteiger partial charge is 0.255 e. The van der Waals surface area contributed by atoms with E-state index < -0.39 is 0 Å². The molecule has 58 valence electrons. The third-order valence-electron chi connectivity index (χ3n) is 1.91. The highest BCUT2D eigenvalue weighted by atomic mass is 14.8. The molecule has 2 nitrogen and oxygen atoms in total. The van der Waals surface area contributed by atoms with Gasteiger partial charge in [0.25, 0.3) is 0 Å². The van der Waals surface area contributed by atoms with E-state index in [9.17, 15) is 0 Å². The molecular weight excluding hydrogens is 135 g/mol. The van der Waals surface area contributed by atoms with E-state index in [-0.39, 0.29) is 0 Å². The smallest absolute Gasteiger partial charge is 0.109 e. The molecule has 3 heteroatoms. The molecule has 1 rings (SSSR count). The zero-order valence-corrected chi connectivity index (χ0v) is 7.60. The fourth-order valence-electron chi connectivity index (χ4n) is 1.10. The Morgan fingerprint density at radius 3 is 2.09 bits per heavy atom. The highest BCUT2D eigenvalue weighted by Gasteiger charge is 2.01. The first kappa shape index (κ1) is 8.24. The molecule has 0 atom stereocenters. The molecule has 11 heavy (non-hydrogen) atoms. The molecule has 1 aromatic rings. The molecule has 0 spiro atoms. The van der Waals surface area contributed by atoms with E-state index in [1.54, 1.807) is 0 Å². The van der Waals surface area contributed by atoms with E-state index in [1.807, 2.05) is 20.8 Å². The molecule has 1 heterocycles. The number of aromatic nitrogens is 2. The van der Waals surface area contributed by atoms with Gasteiger partial charge in [0.05, 0.1) is 22.8 Å². The lowest BCUT2D eigenvalue weighted by Gasteiger charge is -2.04. The van der Waals surface area contributed by atoms with Gasteiger partial charge in [-0.3, -0.25) is 9.97 Å². The van der Waals surface area contributed by atoms with Crippen LogP contribution in [0.25, 0.3) is 0 Å². The maximum absolute atomic E-state index is 4.43. The number of hydrogen-bond donors (Lipinski definition) is 0. The third kappa shape index (κ3) is 1.59. The van der Waals surface area contributed by atoms with Gasteiger partial charge in [-0.1, -0.05) is 0 Å². The fourth-order valence-corrected chi connectivity index (χ4v) is 1.10. The quantitative estimate of drug-likeness (QED) is 0.543. The van der Waals surface area contributed by atoms with Crippen LogP contribution in [0, 0.1) is 20.8 Å². The highest BCUT2D eigenvalue weighted by Crippen LogP contribution is 2.05. The van der Waals surface area contributed by atoms with Crippen molar-refractivity contribution in [2.24, 2.45) is 0 Å². The van der Waals surface area contributed by atoms with Crippen LogP contribution in [0.15, 0.2) is 0 Å². The minimum Gasteiger partial charge on any atom is -0.255 e. The molecule has 0 bridgehead atoms. The Kier molecular flexibility index (Phi) is 2.27. The SMILES string of the molecule is BCc1nc(C)c(C)nc1C. The summed E-state index contributed by atoms with van der Waals surface area (Å²) in [5.41, 5.74) is 4.27. The molecule has 0 fully saturated rings. The maximum atomic E-state index is 4.43. The zero-order valence-electron chi connectivity index (χ0n) is 7.60. The van der Waals surface area contributed by atoms with Crippen LogP contribution in [0.1, 0.15) is 22.8 Å². The minimum atomic E-state index is 0.972. The Hall–Kier alpha value is -0.855. The monoisotopic (exact) mass is 148 g/mol. The summed E-state index contributed by atoms with van der Waals surface area (Å²) in [5, 5.41) is 0. The van der Waals surface area contributed by atoms with Gasteiger partial charge in [-0.25, -0.2) is 0 Å². The summed E-state index contributed by atoms with van der Waals surface area (Å²) in [6, 6.07) is 0. The van der Waals surface area contributed by atoms with E-state index in [0.717, 1.165) is 29.1 Å². The van der Waals surface area contributed by atoms with E-state index in [1.165, 1.54) is 0 Å². The predicted molar refractivity (Wildman–Crippen MR) is 48.5 cm³/mol. The van der Waals surface area contributed by atoms with Crippen molar-refractivity contribution < 1.29 is 0 Å². The first-order valence-corrected chi connectivity index (χ1v) is 3.96. The zero-order chi connectivity index (χ0) is 8.43. The maximum Gasteiger partial charge on any atom is 0.109 e. The Labute approximate surface area is 68.5 Å². The van der Waals surface area contributed by atoms with Gasteiger partial charge in [-0.05, 0) is 27.1 Å². The molecule has 0 saturated heterocycles. The van der Waals surface area contributed by atoms with Crippen molar-refractivity contribution in [1.29, 1.82) is 0 Å².